The van der Waals surface area contributed by atoms with E-state index < -0.39 is 0 Å². The van der Waals surface area contributed by atoms with Crippen molar-refractivity contribution in [1.82, 2.24) is 14.9 Å². The minimum Gasteiger partial charge on any atom is -0.385 e. The van der Waals surface area contributed by atoms with Gasteiger partial charge in [0.1, 0.15) is 0 Å². The molecule has 2 N–H and O–H groups in total. The van der Waals surface area contributed by atoms with E-state index in [4.69, 9.17) is 0 Å². The number of benzene rings is 1. The number of hydrogen-bond acceptors (Lipinski definition) is 3. The van der Waals surface area contributed by atoms with E-state index in [0.29, 0.717) is 12.1 Å². The number of rotatable bonds is 6. The molecule has 5 nitrogen and oxygen atoms in total. The van der Waals surface area contributed by atoms with Gasteiger partial charge in [-0.3, -0.25) is 4.79 Å². The lowest BCUT2D eigenvalue weighted by Crippen LogP contribution is -2.35. The third kappa shape index (κ3) is 4.08. The lowest BCUT2D eigenvalue weighted by molar-refractivity contribution is 0.0937. The van der Waals surface area contributed by atoms with Crippen LogP contribution in [0.4, 0.5) is 5.69 Å². The quantitative estimate of drug-likeness (QED) is 0.857. The minimum absolute atomic E-state index is 0.0293. The first kappa shape index (κ1) is 15.1. The van der Waals surface area contributed by atoms with Crippen LogP contribution >= 0.6 is 0 Å². The van der Waals surface area contributed by atoms with Crippen LogP contribution in [0.25, 0.3) is 0 Å². The fraction of sp³-hybridized carbons (Fsp3) is 0.375. The van der Waals surface area contributed by atoms with Crippen LogP contribution in [0.15, 0.2) is 36.9 Å². The van der Waals surface area contributed by atoms with Crippen LogP contribution in [0.2, 0.25) is 0 Å². The van der Waals surface area contributed by atoms with Crippen molar-refractivity contribution in [2.45, 2.75) is 33.4 Å². The van der Waals surface area contributed by atoms with Crippen LogP contribution in [-0.2, 0) is 6.54 Å². The molecule has 1 aromatic carbocycles. The van der Waals surface area contributed by atoms with Gasteiger partial charge in [-0.1, -0.05) is 11.6 Å². The molecule has 1 aromatic heterocycles. The Bertz CT molecular complexity index is 592. The molecule has 112 valence electrons. The van der Waals surface area contributed by atoms with Crippen molar-refractivity contribution in [2.75, 3.05) is 11.9 Å². The van der Waals surface area contributed by atoms with Gasteiger partial charge in [-0.05, 0) is 32.9 Å². The highest BCUT2D eigenvalue weighted by molar-refractivity contribution is 6.00. The van der Waals surface area contributed by atoms with Crippen LogP contribution in [0, 0.1) is 6.92 Å². The molecule has 0 bridgehead atoms. The van der Waals surface area contributed by atoms with Crippen molar-refractivity contribution < 1.29 is 4.79 Å². The predicted octanol–water partition coefficient (Wildman–Crippen LogP) is 2.44. The number of amides is 1. The first-order valence-electron chi connectivity index (χ1n) is 7.21. The highest BCUT2D eigenvalue weighted by Gasteiger charge is 2.14. The van der Waals surface area contributed by atoms with E-state index in [1.54, 1.807) is 12.5 Å². The summed E-state index contributed by atoms with van der Waals surface area (Å²) in [5, 5.41) is 6.26. The first-order valence-corrected chi connectivity index (χ1v) is 7.21. The molecule has 0 spiro atoms. The number of aryl methyl sites for hydroxylation is 1. The topological polar surface area (TPSA) is 59.0 Å². The second-order valence-corrected chi connectivity index (χ2v) is 5.21. The second kappa shape index (κ2) is 6.92. The van der Waals surface area contributed by atoms with Gasteiger partial charge in [-0.2, -0.15) is 0 Å². The molecule has 5 heteroatoms. The Morgan fingerprint density at radius 3 is 2.90 bits per heavy atom. The van der Waals surface area contributed by atoms with Gasteiger partial charge in [0.05, 0.1) is 11.9 Å². The van der Waals surface area contributed by atoms with E-state index in [2.05, 4.69) is 15.6 Å². The minimum atomic E-state index is -0.0535. The Labute approximate surface area is 125 Å². The van der Waals surface area contributed by atoms with E-state index >= 15 is 0 Å². The third-order valence-electron chi connectivity index (χ3n) is 3.21. The number of carbonyl (C=O) groups is 1. The van der Waals surface area contributed by atoms with Gasteiger partial charge >= 0.3 is 0 Å². The average Bonchev–Trinajstić information content (AvgIpc) is 2.93. The summed E-state index contributed by atoms with van der Waals surface area (Å²) in [6, 6.07) is 5.90. The maximum Gasteiger partial charge on any atom is 0.253 e. The highest BCUT2D eigenvalue weighted by atomic mass is 16.1. The van der Waals surface area contributed by atoms with Crippen molar-refractivity contribution in [2.24, 2.45) is 0 Å². The average molecular weight is 286 g/mol. The molecule has 2 aromatic rings. The smallest absolute Gasteiger partial charge is 0.253 e. The molecule has 0 aliphatic heterocycles. The fourth-order valence-corrected chi connectivity index (χ4v) is 2.25. The molecule has 1 atom stereocenters. The molecule has 2 rings (SSSR count). The van der Waals surface area contributed by atoms with Crippen molar-refractivity contribution in [1.29, 1.82) is 0 Å². The van der Waals surface area contributed by atoms with Crippen LogP contribution < -0.4 is 10.6 Å². The van der Waals surface area contributed by atoms with E-state index in [1.165, 1.54) is 0 Å². The fourth-order valence-electron chi connectivity index (χ4n) is 2.25. The number of anilines is 1. The Kier molecular flexibility index (Phi) is 4.98. The van der Waals surface area contributed by atoms with Crippen LogP contribution in [0.3, 0.4) is 0 Å². The van der Waals surface area contributed by atoms with Gasteiger partial charge in [0.2, 0.25) is 0 Å². The van der Waals surface area contributed by atoms with Gasteiger partial charge in [0, 0.05) is 37.2 Å². The summed E-state index contributed by atoms with van der Waals surface area (Å²) in [7, 11) is 0. The van der Waals surface area contributed by atoms with Crippen molar-refractivity contribution in [3.63, 3.8) is 0 Å². The largest absolute Gasteiger partial charge is 0.385 e. The number of nitrogens with zero attached hydrogens (tertiary/aromatic N) is 2. The molecule has 0 aliphatic carbocycles. The molecule has 21 heavy (non-hydrogen) atoms. The molecule has 1 heterocycles. The number of aromatic nitrogens is 2. The lowest BCUT2D eigenvalue weighted by atomic mass is 10.1. The van der Waals surface area contributed by atoms with Gasteiger partial charge in [-0.15, -0.1) is 0 Å². The van der Waals surface area contributed by atoms with E-state index in [-0.39, 0.29) is 11.9 Å². The summed E-state index contributed by atoms with van der Waals surface area (Å²) in [5.41, 5.74) is 2.63. The normalized spacial score (nSPS) is 12.0. The zero-order valence-corrected chi connectivity index (χ0v) is 12.8. The molecule has 0 aliphatic rings. The van der Waals surface area contributed by atoms with Gasteiger partial charge in [0.25, 0.3) is 5.91 Å². The summed E-state index contributed by atoms with van der Waals surface area (Å²) in [6.07, 6.45) is 5.37. The Morgan fingerprint density at radius 2 is 2.24 bits per heavy atom. The number of carbonyl (C=O) groups excluding carboxylic acids is 1. The summed E-state index contributed by atoms with van der Waals surface area (Å²) in [6.45, 7) is 7.48. The molecule has 1 unspecified atom stereocenters. The Morgan fingerprint density at radius 1 is 1.43 bits per heavy atom. The summed E-state index contributed by atoms with van der Waals surface area (Å²) in [4.78, 5) is 16.5. The van der Waals surface area contributed by atoms with Crippen molar-refractivity contribution in [3.8, 4) is 0 Å². The standard InChI is InChI=1S/C16H22N4O/c1-4-18-15-6-5-12(2)9-14(15)16(21)19-13(3)10-20-8-7-17-11-20/h5-9,11,13,18H,4,10H2,1-3H3,(H,19,21). The van der Waals surface area contributed by atoms with E-state index in [9.17, 15) is 4.79 Å². The molecular formula is C16H22N4O. The Balaban J connectivity index is 2.07. The summed E-state index contributed by atoms with van der Waals surface area (Å²) >= 11 is 0. The molecule has 0 radical (unpaired) electrons. The maximum atomic E-state index is 12.5. The molecule has 0 fully saturated rings. The SMILES string of the molecule is CCNc1ccc(C)cc1C(=O)NC(C)Cn1ccnc1. The molecule has 1 amide bonds. The summed E-state index contributed by atoms with van der Waals surface area (Å²) in [5.74, 6) is -0.0535. The first-order chi connectivity index (χ1) is 10.1. The zero-order valence-electron chi connectivity index (χ0n) is 12.8. The lowest BCUT2D eigenvalue weighted by Gasteiger charge is -2.17. The van der Waals surface area contributed by atoms with Crippen LogP contribution in [-0.4, -0.2) is 28.0 Å². The van der Waals surface area contributed by atoms with Crippen molar-refractivity contribution in [3.05, 3.63) is 48.0 Å². The Hall–Kier alpha value is -2.30. The number of hydrogen-bond donors (Lipinski definition) is 2. The molecular weight excluding hydrogens is 264 g/mol. The molecule has 0 saturated carbocycles. The van der Waals surface area contributed by atoms with E-state index in [0.717, 1.165) is 17.8 Å². The van der Waals surface area contributed by atoms with Crippen LogP contribution in [0.5, 0.6) is 0 Å². The van der Waals surface area contributed by atoms with Gasteiger partial charge < -0.3 is 15.2 Å². The predicted molar refractivity (Wildman–Crippen MR) is 84.5 cm³/mol. The zero-order chi connectivity index (χ0) is 15.2. The number of nitrogens with one attached hydrogen (secondary N) is 2. The third-order valence-corrected chi connectivity index (χ3v) is 3.21. The van der Waals surface area contributed by atoms with Gasteiger partial charge in [-0.25, -0.2) is 4.98 Å². The van der Waals surface area contributed by atoms with Crippen molar-refractivity contribution >= 4 is 11.6 Å². The van der Waals surface area contributed by atoms with E-state index in [1.807, 2.05) is 49.7 Å². The second-order valence-electron chi connectivity index (χ2n) is 5.21. The molecule has 0 saturated heterocycles. The monoisotopic (exact) mass is 286 g/mol. The van der Waals surface area contributed by atoms with Crippen LogP contribution in [0.1, 0.15) is 29.8 Å². The summed E-state index contributed by atoms with van der Waals surface area (Å²) < 4.78 is 1.95. The van der Waals surface area contributed by atoms with Gasteiger partial charge in [0.15, 0.2) is 0 Å². The highest BCUT2D eigenvalue weighted by Crippen LogP contribution is 2.17. The maximum absolute atomic E-state index is 12.5. The number of imidazole rings is 1.